The molecule has 9 heteroatoms. The minimum atomic E-state index is -1.51. The van der Waals surface area contributed by atoms with Gasteiger partial charge in [0, 0.05) is 27.4 Å². The van der Waals surface area contributed by atoms with Crippen LogP contribution >= 0.6 is 11.8 Å². The van der Waals surface area contributed by atoms with Gasteiger partial charge in [-0.15, -0.1) is 0 Å². The fourth-order valence-electron chi connectivity index (χ4n) is 4.02. The first-order valence-electron chi connectivity index (χ1n) is 9.80. The second-order valence-electron chi connectivity index (χ2n) is 7.81. The number of fused-ring (bicyclic) bond motifs is 1. The number of nitrogens with zero attached hydrogens (tertiary/aromatic N) is 1. The van der Waals surface area contributed by atoms with E-state index in [0.717, 1.165) is 34.3 Å². The lowest BCUT2D eigenvalue weighted by atomic mass is 9.98. The molecule has 1 aliphatic rings. The van der Waals surface area contributed by atoms with E-state index in [1.54, 1.807) is 10.8 Å². The average Bonchev–Trinajstić information content (AvgIpc) is 3.07. The van der Waals surface area contributed by atoms with Crippen LogP contribution in [-0.4, -0.2) is 61.1 Å². The molecule has 1 fully saturated rings. The summed E-state index contributed by atoms with van der Waals surface area (Å²) in [6.45, 7) is 3.31. The van der Waals surface area contributed by atoms with Crippen molar-refractivity contribution in [1.82, 2.24) is 4.57 Å². The Hall–Kier alpha value is -2.14. The lowest BCUT2D eigenvalue weighted by Crippen LogP contribution is -2.56. The van der Waals surface area contributed by atoms with Gasteiger partial charge in [0.15, 0.2) is 6.23 Å². The fraction of sp³-hybridized carbons (Fsp3) is 0.364. The maximum absolute atomic E-state index is 14.4. The van der Waals surface area contributed by atoms with E-state index in [4.69, 9.17) is 4.74 Å². The number of halogens is 1. The largest absolute Gasteiger partial charge is 0.508 e. The van der Waals surface area contributed by atoms with E-state index in [1.165, 1.54) is 12.1 Å². The number of rotatable bonds is 4. The Bertz CT molecular complexity index is 1120. The molecule has 2 aromatic carbocycles. The van der Waals surface area contributed by atoms with Crippen molar-refractivity contribution in [3.8, 4) is 5.75 Å². The first kappa shape index (κ1) is 22.1. The minimum absolute atomic E-state index is 0.169. The minimum Gasteiger partial charge on any atom is -0.508 e. The van der Waals surface area contributed by atoms with Gasteiger partial charge in [0.1, 0.15) is 36.0 Å². The Balaban J connectivity index is 1.84. The first-order valence-corrected chi connectivity index (χ1v) is 10.6. The van der Waals surface area contributed by atoms with Gasteiger partial charge < -0.3 is 34.8 Å². The summed E-state index contributed by atoms with van der Waals surface area (Å²) in [5, 5.41) is 50.8. The zero-order valence-corrected chi connectivity index (χ0v) is 17.8. The van der Waals surface area contributed by atoms with Gasteiger partial charge in [0.05, 0.1) is 12.1 Å². The summed E-state index contributed by atoms with van der Waals surface area (Å²) in [6, 6.07) is 7.80. The van der Waals surface area contributed by atoms with Gasteiger partial charge in [-0.1, -0.05) is 17.8 Å². The number of aryl methyl sites for hydroxylation is 2. The van der Waals surface area contributed by atoms with Crippen molar-refractivity contribution in [2.45, 2.75) is 54.3 Å². The number of phenolic OH excluding ortho intramolecular Hbond substituents is 1. The third-order valence-corrected chi connectivity index (χ3v) is 6.60. The van der Waals surface area contributed by atoms with Crippen molar-refractivity contribution in [3.63, 3.8) is 0 Å². The number of hydrogen-bond acceptors (Lipinski definition) is 7. The van der Waals surface area contributed by atoms with Crippen LogP contribution in [0.2, 0.25) is 0 Å². The topological polar surface area (TPSA) is 115 Å². The number of hydrogen-bond donors (Lipinski definition) is 5. The number of ether oxygens (including phenoxy) is 1. The molecule has 4 rings (SSSR count). The number of aliphatic hydroxyl groups is 4. The average molecular weight is 450 g/mol. The van der Waals surface area contributed by atoms with Gasteiger partial charge in [-0.3, -0.25) is 0 Å². The second kappa shape index (κ2) is 8.42. The molecule has 166 valence electrons. The summed E-state index contributed by atoms with van der Waals surface area (Å²) >= 11 is 1.16. The van der Waals surface area contributed by atoms with Crippen molar-refractivity contribution in [3.05, 3.63) is 53.5 Å². The number of aliphatic hydroxyl groups excluding tert-OH is 4. The molecule has 0 amide bonds. The third kappa shape index (κ3) is 3.93. The molecular formula is C22H24FNO6S. The molecule has 0 spiro atoms. The predicted octanol–water partition coefficient (Wildman–Crippen LogP) is 2.23. The smallest absolute Gasteiger partial charge is 0.163 e. The van der Waals surface area contributed by atoms with Gasteiger partial charge in [-0.05, 0) is 43.2 Å². The van der Waals surface area contributed by atoms with E-state index in [2.05, 4.69) is 0 Å². The van der Waals surface area contributed by atoms with Crippen LogP contribution in [-0.2, 0) is 4.74 Å². The predicted molar refractivity (Wildman–Crippen MR) is 113 cm³/mol. The SMILES string of the molecule is Cc1cc(C)c2c(Sc3ccc(O)cc3F)cn([C@@H]3O[C@H](CO)[C@@H](O)[C@H](O)[C@H]3O)c2c1. The van der Waals surface area contributed by atoms with Gasteiger partial charge in [-0.2, -0.15) is 0 Å². The molecule has 5 atom stereocenters. The summed E-state index contributed by atoms with van der Waals surface area (Å²) in [6.07, 6.45) is -4.83. The van der Waals surface area contributed by atoms with Gasteiger partial charge in [-0.25, -0.2) is 4.39 Å². The molecule has 2 heterocycles. The highest BCUT2D eigenvalue weighted by Gasteiger charge is 2.44. The zero-order chi connectivity index (χ0) is 22.4. The monoisotopic (exact) mass is 449 g/mol. The van der Waals surface area contributed by atoms with Crippen LogP contribution in [0.15, 0.2) is 46.3 Å². The Morgan fingerprint density at radius 1 is 1.03 bits per heavy atom. The van der Waals surface area contributed by atoms with Gasteiger partial charge >= 0.3 is 0 Å². The third-order valence-electron chi connectivity index (χ3n) is 5.52. The molecule has 1 aliphatic heterocycles. The van der Waals surface area contributed by atoms with Crippen LogP contribution < -0.4 is 0 Å². The zero-order valence-electron chi connectivity index (χ0n) is 16.9. The highest BCUT2D eigenvalue weighted by atomic mass is 32.2. The molecule has 31 heavy (non-hydrogen) atoms. The van der Waals surface area contributed by atoms with Crippen molar-refractivity contribution in [2.24, 2.45) is 0 Å². The molecule has 0 radical (unpaired) electrons. The quantitative estimate of drug-likeness (QED) is 0.415. The highest BCUT2D eigenvalue weighted by Crippen LogP contribution is 2.41. The number of phenols is 1. The molecule has 3 aromatic rings. The standard InChI is InChI=1S/C22H24FNO6S/c1-10-5-11(2)18-14(6-10)24(22-21(29)20(28)19(27)15(9-25)30-22)8-17(18)31-16-4-3-12(26)7-13(16)23/h3-8,15,19-22,25-29H,9H2,1-2H3/t15-,19-,20+,21-,22-/m1/s1. The Morgan fingerprint density at radius 3 is 2.45 bits per heavy atom. The summed E-state index contributed by atoms with van der Waals surface area (Å²) in [4.78, 5) is 1.000. The molecular weight excluding hydrogens is 425 g/mol. The van der Waals surface area contributed by atoms with Crippen molar-refractivity contribution >= 4 is 22.7 Å². The molecule has 5 N–H and O–H groups in total. The van der Waals surface area contributed by atoms with E-state index in [1.807, 2.05) is 26.0 Å². The Morgan fingerprint density at radius 2 is 1.77 bits per heavy atom. The Kier molecular flexibility index (Phi) is 5.99. The number of aromatic hydroxyl groups is 1. The van der Waals surface area contributed by atoms with Crippen LogP contribution in [0.4, 0.5) is 4.39 Å². The number of benzene rings is 2. The van der Waals surface area contributed by atoms with Crippen molar-refractivity contribution in [2.75, 3.05) is 6.61 Å². The summed E-state index contributed by atoms with van der Waals surface area (Å²) in [5.41, 5.74) is 2.59. The summed E-state index contributed by atoms with van der Waals surface area (Å²) < 4.78 is 21.8. The van der Waals surface area contributed by atoms with Crippen molar-refractivity contribution in [1.29, 1.82) is 0 Å². The van der Waals surface area contributed by atoms with Crippen LogP contribution in [0.5, 0.6) is 5.75 Å². The van der Waals surface area contributed by atoms with E-state index in [0.29, 0.717) is 15.3 Å². The second-order valence-corrected chi connectivity index (χ2v) is 8.90. The molecule has 0 unspecified atom stereocenters. The van der Waals surface area contributed by atoms with Crippen LogP contribution in [0, 0.1) is 19.7 Å². The van der Waals surface area contributed by atoms with Gasteiger partial charge in [0.25, 0.3) is 0 Å². The lowest BCUT2D eigenvalue weighted by molar-refractivity contribution is -0.250. The summed E-state index contributed by atoms with van der Waals surface area (Å²) in [7, 11) is 0. The molecule has 0 saturated carbocycles. The van der Waals surface area contributed by atoms with E-state index < -0.39 is 43.1 Å². The Labute approximate surface area is 182 Å². The number of aromatic nitrogens is 1. The van der Waals surface area contributed by atoms with Crippen molar-refractivity contribution < 1.29 is 34.7 Å². The molecule has 0 aliphatic carbocycles. The molecule has 0 bridgehead atoms. The van der Waals surface area contributed by atoms with E-state index >= 15 is 0 Å². The molecule has 1 saturated heterocycles. The highest BCUT2D eigenvalue weighted by molar-refractivity contribution is 7.99. The molecule has 7 nitrogen and oxygen atoms in total. The fourth-order valence-corrected chi connectivity index (χ4v) is 5.08. The normalized spacial score (nSPS) is 26.5. The maximum Gasteiger partial charge on any atom is 0.163 e. The van der Waals surface area contributed by atoms with Gasteiger partial charge in [0.2, 0.25) is 0 Å². The van der Waals surface area contributed by atoms with Crippen LogP contribution in [0.3, 0.4) is 0 Å². The van der Waals surface area contributed by atoms with Crippen LogP contribution in [0.25, 0.3) is 10.9 Å². The molecule has 1 aromatic heterocycles. The first-order chi connectivity index (χ1) is 14.7. The lowest BCUT2D eigenvalue weighted by Gasteiger charge is -2.40. The summed E-state index contributed by atoms with van der Waals surface area (Å²) in [5.74, 6) is -0.735. The van der Waals surface area contributed by atoms with Crippen LogP contribution in [0.1, 0.15) is 17.4 Å². The van der Waals surface area contributed by atoms with E-state index in [9.17, 15) is 29.9 Å². The van der Waals surface area contributed by atoms with E-state index in [-0.39, 0.29) is 5.75 Å². The maximum atomic E-state index is 14.4.